The number of methoxy groups -OCH3 is 3. The zero-order valence-corrected chi connectivity index (χ0v) is 22.5. The first-order chi connectivity index (χ1) is 16.0. The van der Waals surface area contributed by atoms with Crippen LogP contribution in [0, 0.1) is 44.1 Å². The predicted molar refractivity (Wildman–Crippen MR) is 114 cm³/mol. The molecule has 10 heteroatoms. The molecule has 1 aliphatic rings. The van der Waals surface area contributed by atoms with Crippen molar-refractivity contribution in [2.45, 2.75) is 44.9 Å². The molecule has 1 aliphatic carbocycles. The van der Waals surface area contributed by atoms with Crippen molar-refractivity contribution in [1.29, 1.82) is 0 Å². The molecular formula is C24H29O9W+. The molecule has 9 nitrogen and oxygen atoms in total. The molecule has 0 N–H and O–H groups in total. The molecule has 34 heavy (non-hydrogen) atoms. The van der Waals surface area contributed by atoms with E-state index in [0.29, 0.717) is 0 Å². The minimum atomic E-state index is -1.59. The normalized spacial score (nSPS) is 10.7. The van der Waals surface area contributed by atoms with Crippen LogP contribution in [-0.2, 0) is 63.6 Å². The van der Waals surface area contributed by atoms with Crippen molar-refractivity contribution in [3.05, 3.63) is 51.2 Å². The van der Waals surface area contributed by atoms with Crippen LogP contribution in [0.5, 0.6) is 0 Å². The van der Waals surface area contributed by atoms with Gasteiger partial charge in [-0.05, 0) is 12.8 Å². The van der Waals surface area contributed by atoms with Gasteiger partial charge in [0.25, 0.3) is 0 Å². The standard InChI is InChI=1S/C16H19O6.C5H10.3CO.W/c1-5-6-7-8-11-16(14(18)21-3,15(19)22-4)12-9-10-13(17)20-2;1-2-4-5-3-1;3*1-2;/h7-10H,1,11-12H2,2-4H3;1-5H2;;;;/q-1;;;;;+2/b8-7+,10-9+;;;;;. The van der Waals surface area contributed by atoms with E-state index in [0.717, 1.165) is 6.08 Å². The quantitative estimate of drug-likeness (QED) is 0.0794. The Morgan fingerprint density at radius 3 is 1.53 bits per heavy atom. The maximum absolute atomic E-state index is 12.1. The van der Waals surface area contributed by atoms with Crippen LogP contribution < -0.4 is 0 Å². The van der Waals surface area contributed by atoms with Gasteiger partial charge >= 0.3 is 72.9 Å². The van der Waals surface area contributed by atoms with Gasteiger partial charge in [0.1, 0.15) is 0 Å². The fourth-order valence-electron chi connectivity index (χ4n) is 2.58. The zero-order valence-electron chi connectivity index (χ0n) is 19.5. The first-order valence-electron chi connectivity index (χ1n) is 9.43. The second-order valence-electron chi connectivity index (χ2n) is 5.89. The second-order valence-corrected chi connectivity index (χ2v) is 5.89. The number of hydrogen-bond donors (Lipinski definition) is 0. The van der Waals surface area contributed by atoms with Crippen LogP contribution in [-0.4, -0.2) is 39.2 Å². The maximum atomic E-state index is 12.1. The number of ether oxygens (including phenoxy) is 3. The Morgan fingerprint density at radius 1 is 0.824 bits per heavy atom. The van der Waals surface area contributed by atoms with Crippen LogP contribution in [0.15, 0.2) is 24.3 Å². The summed E-state index contributed by atoms with van der Waals surface area (Å²) in [6, 6.07) is 0. The molecule has 0 aromatic heterocycles. The summed E-state index contributed by atoms with van der Waals surface area (Å²) in [4.78, 5) is 35.3. The van der Waals surface area contributed by atoms with E-state index in [9.17, 15) is 14.4 Å². The van der Waals surface area contributed by atoms with E-state index in [1.165, 1.54) is 71.7 Å². The summed E-state index contributed by atoms with van der Waals surface area (Å²) < 4.78 is 36.4. The Bertz CT molecular complexity index is 680. The van der Waals surface area contributed by atoms with Crippen molar-refractivity contribution in [1.82, 2.24) is 0 Å². The van der Waals surface area contributed by atoms with E-state index >= 15 is 0 Å². The van der Waals surface area contributed by atoms with E-state index in [4.69, 9.17) is 23.4 Å². The minimum absolute atomic E-state index is 0. The Morgan fingerprint density at radius 2 is 1.21 bits per heavy atom. The first kappa shape index (κ1) is 41.5. The molecular weight excluding hydrogens is 616 g/mol. The van der Waals surface area contributed by atoms with Crippen LogP contribution in [0.4, 0.5) is 0 Å². The molecule has 0 atom stereocenters. The van der Waals surface area contributed by atoms with Crippen LogP contribution in [0.2, 0.25) is 0 Å². The van der Waals surface area contributed by atoms with Gasteiger partial charge in [-0.25, -0.2) is 4.79 Å². The molecule has 0 spiro atoms. The van der Waals surface area contributed by atoms with Gasteiger partial charge in [0.2, 0.25) is 0 Å². The van der Waals surface area contributed by atoms with Gasteiger partial charge < -0.3 is 20.1 Å². The molecule has 0 heterocycles. The summed E-state index contributed by atoms with van der Waals surface area (Å²) >= 11 is 0. The van der Waals surface area contributed by atoms with E-state index < -0.39 is 23.3 Å². The Labute approximate surface area is 216 Å². The summed E-state index contributed by atoms with van der Waals surface area (Å²) in [7, 11) is 3.56. The summed E-state index contributed by atoms with van der Waals surface area (Å²) in [6.07, 6.45) is 12.9. The summed E-state index contributed by atoms with van der Waals surface area (Å²) in [5, 5.41) is 0. The number of carbonyl (C=O) groups is 3. The molecule has 0 aliphatic heterocycles. The number of carbonyl (C=O) groups excluding carboxylic acids is 3. The van der Waals surface area contributed by atoms with E-state index in [2.05, 4.69) is 43.5 Å². The fraction of sp³-hybridized carbons (Fsp3) is 0.458. The topological polar surface area (TPSA) is 139 Å². The molecule has 1 rings (SSSR count). The van der Waals surface area contributed by atoms with Gasteiger partial charge in [0.15, 0.2) is 5.41 Å². The van der Waals surface area contributed by atoms with Gasteiger partial charge in [-0.1, -0.05) is 44.3 Å². The Hall–Kier alpha value is -2.77. The maximum Gasteiger partial charge on any atom is 2.00 e. The smallest absolute Gasteiger partial charge is 0.468 e. The number of esters is 3. The fourth-order valence-corrected chi connectivity index (χ4v) is 2.58. The molecule has 1 saturated carbocycles. The number of allylic oxidation sites excluding steroid dienone is 3. The summed E-state index contributed by atoms with van der Waals surface area (Å²) in [5.74, 6) is 2.87. The summed E-state index contributed by atoms with van der Waals surface area (Å²) in [5.41, 5.74) is -1.59. The third-order valence-electron chi connectivity index (χ3n) is 4.09. The number of hydrogen-bond acceptors (Lipinski definition) is 6. The van der Waals surface area contributed by atoms with Crippen molar-refractivity contribution in [2.75, 3.05) is 21.3 Å². The SMILES string of the molecule is C1CCCC1.[C-]#[O+].[C-]#[O+].[C-]#[O+].[CH2-]C#C/C=C/CC(C/C=C/C(=O)OC)(C(=O)OC)C(=O)OC.[W+2]. The molecule has 0 radical (unpaired) electrons. The van der Waals surface area contributed by atoms with Crippen molar-refractivity contribution in [3.63, 3.8) is 0 Å². The molecule has 0 bridgehead atoms. The predicted octanol–water partition coefficient (Wildman–Crippen LogP) is 3.06. The minimum Gasteiger partial charge on any atom is -0.468 e. The van der Waals surface area contributed by atoms with Gasteiger partial charge in [0.05, 0.1) is 21.3 Å². The molecule has 184 valence electrons. The van der Waals surface area contributed by atoms with Gasteiger partial charge in [-0.2, -0.15) is 6.92 Å². The van der Waals surface area contributed by atoms with Gasteiger partial charge in [0, 0.05) is 6.08 Å². The monoisotopic (exact) mass is 645 g/mol. The van der Waals surface area contributed by atoms with Crippen molar-refractivity contribution >= 4 is 17.9 Å². The third kappa shape index (κ3) is 19.9. The van der Waals surface area contributed by atoms with Crippen molar-refractivity contribution < 1.29 is 63.6 Å². The molecule has 0 aromatic rings. The van der Waals surface area contributed by atoms with Gasteiger partial charge in [-0.3, -0.25) is 15.5 Å². The Balaban J connectivity index is -0.000000195. The van der Waals surface area contributed by atoms with Crippen LogP contribution >= 0.6 is 0 Å². The van der Waals surface area contributed by atoms with Crippen LogP contribution in [0.1, 0.15) is 44.9 Å². The van der Waals surface area contributed by atoms with Crippen molar-refractivity contribution in [2.24, 2.45) is 5.41 Å². The average Bonchev–Trinajstić information content (AvgIpc) is 3.48. The molecule has 0 aromatic carbocycles. The molecule has 0 saturated heterocycles. The second kappa shape index (κ2) is 32.4. The van der Waals surface area contributed by atoms with Crippen LogP contribution in [0.3, 0.4) is 0 Å². The largest absolute Gasteiger partial charge is 2.00 e. The third-order valence-corrected chi connectivity index (χ3v) is 4.09. The van der Waals surface area contributed by atoms with E-state index in [-0.39, 0.29) is 33.9 Å². The first-order valence-corrected chi connectivity index (χ1v) is 9.43. The van der Waals surface area contributed by atoms with Crippen LogP contribution in [0.25, 0.3) is 0 Å². The zero-order chi connectivity index (χ0) is 26.5. The van der Waals surface area contributed by atoms with E-state index in [1.807, 2.05) is 0 Å². The summed E-state index contributed by atoms with van der Waals surface area (Å²) in [6.45, 7) is 16.8. The van der Waals surface area contributed by atoms with E-state index in [1.54, 1.807) is 0 Å². The average molecular weight is 645 g/mol. The molecule has 1 fully saturated rings. The van der Waals surface area contributed by atoms with Gasteiger partial charge in [-0.15, -0.1) is 6.08 Å². The molecule has 0 unspecified atom stereocenters. The number of rotatable bonds is 7. The Kier molecular flexibility index (Phi) is 39.5. The molecule has 0 amide bonds. The van der Waals surface area contributed by atoms with Crippen molar-refractivity contribution in [3.8, 4) is 11.8 Å².